The number of aromatic nitrogens is 3. The monoisotopic (exact) mass is 303 g/mol. The molecular formula is C14H17N5OS. The Balaban J connectivity index is 1.91. The fraction of sp³-hybridized carbons (Fsp3) is 0.429. The molecule has 1 aliphatic carbocycles. The Morgan fingerprint density at radius 1 is 1.43 bits per heavy atom. The van der Waals surface area contributed by atoms with Crippen LogP contribution in [0.15, 0.2) is 12.4 Å². The van der Waals surface area contributed by atoms with E-state index in [0.717, 1.165) is 30.0 Å². The molecule has 0 bridgehead atoms. The van der Waals surface area contributed by atoms with Crippen molar-refractivity contribution in [3.63, 3.8) is 0 Å². The van der Waals surface area contributed by atoms with Crippen LogP contribution >= 0.6 is 11.3 Å². The average Bonchev–Trinajstić information content (AvgIpc) is 2.86. The smallest absolute Gasteiger partial charge is 0.276 e. The van der Waals surface area contributed by atoms with E-state index < -0.39 is 0 Å². The minimum Gasteiger partial charge on any atom is -0.382 e. The Hall–Kier alpha value is -2.02. The summed E-state index contributed by atoms with van der Waals surface area (Å²) in [5, 5.41) is 1.05. The highest BCUT2D eigenvalue weighted by molar-refractivity contribution is 7.11. The highest BCUT2D eigenvalue weighted by Crippen LogP contribution is 2.37. The highest BCUT2D eigenvalue weighted by atomic mass is 32.1. The third-order valence-corrected chi connectivity index (χ3v) is 4.86. The summed E-state index contributed by atoms with van der Waals surface area (Å²) < 4.78 is 0. The first-order valence-corrected chi connectivity index (χ1v) is 7.69. The van der Waals surface area contributed by atoms with Crippen LogP contribution in [-0.2, 0) is 6.42 Å². The number of rotatable bonds is 2. The van der Waals surface area contributed by atoms with Gasteiger partial charge >= 0.3 is 0 Å². The molecule has 21 heavy (non-hydrogen) atoms. The molecule has 0 spiro atoms. The average molecular weight is 303 g/mol. The fourth-order valence-corrected chi connectivity index (χ4v) is 3.86. The number of carbonyl (C=O) groups excluding carboxylic acids is 1. The molecule has 1 amide bonds. The van der Waals surface area contributed by atoms with Crippen molar-refractivity contribution in [2.75, 3.05) is 12.8 Å². The zero-order chi connectivity index (χ0) is 15.0. The summed E-state index contributed by atoms with van der Waals surface area (Å²) in [7, 11) is 1.80. The van der Waals surface area contributed by atoms with Gasteiger partial charge in [0.1, 0.15) is 0 Å². The number of aryl methyl sites for hydroxylation is 2. The number of nitrogen functional groups attached to an aromatic ring is 1. The van der Waals surface area contributed by atoms with Crippen LogP contribution in [0.4, 0.5) is 5.82 Å². The number of anilines is 1. The molecule has 0 saturated carbocycles. The van der Waals surface area contributed by atoms with Crippen LogP contribution in [0.25, 0.3) is 0 Å². The number of amides is 1. The van der Waals surface area contributed by atoms with Gasteiger partial charge < -0.3 is 10.6 Å². The van der Waals surface area contributed by atoms with Gasteiger partial charge in [0, 0.05) is 19.4 Å². The van der Waals surface area contributed by atoms with Gasteiger partial charge in [-0.15, -0.1) is 11.3 Å². The van der Waals surface area contributed by atoms with Crippen molar-refractivity contribution >= 4 is 23.1 Å². The molecular weight excluding hydrogens is 286 g/mol. The lowest BCUT2D eigenvalue weighted by atomic mass is 9.97. The van der Waals surface area contributed by atoms with E-state index in [0.29, 0.717) is 0 Å². The number of fused-ring (bicyclic) bond motifs is 1. The molecule has 0 aliphatic heterocycles. The van der Waals surface area contributed by atoms with Crippen molar-refractivity contribution in [2.24, 2.45) is 0 Å². The van der Waals surface area contributed by atoms with Gasteiger partial charge in [-0.25, -0.2) is 15.0 Å². The standard InChI is InChI=1S/C14H17N5OS/c1-8-18-9-4-3-5-10(12(9)21-8)19(2)14(20)11-13(15)17-7-6-16-11/h6-7,10H,3-5H2,1-2H3,(H2,15,17)/t10-/m1/s1. The third-order valence-electron chi connectivity index (χ3n) is 3.75. The van der Waals surface area contributed by atoms with Gasteiger partial charge in [0.05, 0.1) is 21.6 Å². The molecule has 0 radical (unpaired) electrons. The zero-order valence-corrected chi connectivity index (χ0v) is 12.9. The van der Waals surface area contributed by atoms with E-state index in [1.807, 2.05) is 6.92 Å². The number of nitrogens with zero attached hydrogens (tertiary/aromatic N) is 4. The van der Waals surface area contributed by atoms with E-state index in [9.17, 15) is 4.79 Å². The molecule has 110 valence electrons. The maximum Gasteiger partial charge on any atom is 0.276 e. The molecule has 2 aromatic heterocycles. The Labute approximate surface area is 127 Å². The molecule has 0 saturated heterocycles. The van der Waals surface area contributed by atoms with Crippen molar-refractivity contribution in [1.82, 2.24) is 19.9 Å². The zero-order valence-electron chi connectivity index (χ0n) is 12.0. The Morgan fingerprint density at radius 3 is 2.95 bits per heavy atom. The van der Waals surface area contributed by atoms with E-state index in [-0.39, 0.29) is 23.5 Å². The number of carbonyl (C=O) groups is 1. The molecule has 0 fully saturated rings. The number of hydrogen-bond donors (Lipinski definition) is 1. The Morgan fingerprint density at radius 2 is 2.19 bits per heavy atom. The van der Waals surface area contributed by atoms with Crippen molar-refractivity contribution < 1.29 is 4.79 Å². The first-order chi connectivity index (χ1) is 10.1. The van der Waals surface area contributed by atoms with Gasteiger partial charge in [0.15, 0.2) is 11.5 Å². The van der Waals surface area contributed by atoms with Gasteiger partial charge in [-0.1, -0.05) is 0 Å². The molecule has 2 N–H and O–H groups in total. The van der Waals surface area contributed by atoms with Crippen LogP contribution in [0, 0.1) is 6.92 Å². The lowest BCUT2D eigenvalue weighted by Gasteiger charge is -2.30. The summed E-state index contributed by atoms with van der Waals surface area (Å²) in [4.78, 5) is 28.1. The lowest BCUT2D eigenvalue weighted by Crippen LogP contribution is -2.34. The van der Waals surface area contributed by atoms with E-state index >= 15 is 0 Å². The van der Waals surface area contributed by atoms with Crippen LogP contribution in [0.5, 0.6) is 0 Å². The molecule has 0 unspecified atom stereocenters. The van der Waals surface area contributed by atoms with Gasteiger partial charge in [0.2, 0.25) is 0 Å². The highest BCUT2D eigenvalue weighted by Gasteiger charge is 2.31. The Kier molecular flexibility index (Phi) is 3.59. The topological polar surface area (TPSA) is 85.0 Å². The molecule has 2 aromatic rings. The number of hydrogen-bond acceptors (Lipinski definition) is 6. The predicted molar refractivity (Wildman–Crippen MR) is 81.1 cm³/mol. The van der Waals surface area contributed by atoms with Crippen LogP contribution in [0.1, 0.15) is 45.0 Å². The summed E-state index contributed by atoms with van der Waals surface area (Å²) in [6.07, 6.45) is 5.94. The first kappa shape index (κ1) is 13.9. The molecule has 6 nitrogen and oxygen atoms in total. The number of thiazole rings is 1. The van der Waals surface area contributed by atoms with Crippen molar-refractivity contribution in [2.45, 2.75) is 32.2 Å². The normalized spacial score (nSPS) is 17.3. The molecule has 1 aliphatic rings. The summed E-state index contributed by atoms with van der Waals surface area (Å²) in [6.45, 7) is 2.00. The summed E-state index contributed by atoms with van der Waals surface area (Å²) in [6, 6.07) is 0.0499. The predicted octanol–water partition coefficient (Wildman–Crippen LogP) is 1.97. The molecule has 0 aromatic carbocycles. The van der Waals surface area contributed by atoms with E-state index in [1.54, 1.807) is 23.3 Å². The molecule has 7 heteroatoms. The quantitative estimate of drug-likeness (QED) is 0.917. The maximum atomic E-state index is 12.6. The van der Waals surface area contributed by atoms with Gasteiger partial charge in [-0.3, -0.25) is 4.79 Å². The summed E-state index contributed by atoms with van der Waals surface area (Å²) in [5.41, 5.74) is 7.10. The fourth-order valence-electron chi connectivity index (χ4n) is 2.71. The first-order valence-electron chi connectivity index (χ1n) is 6.87. The maximum absolute atomic E-state index is 12.6. The minimum atomic E-state index is -0.190. The van der Waals surface area contributed by atoms with Crippen molar-refractivity contribution in [3.05, 3.63) is 33.7 Å². The summed E-state index contributed by atoms with van der Waals surface area (Å²) in [5.74, 6) is -0.0182. The molecule has 3 rings (SSSR count). The van der Waals surface area contributed by atoms with Gasteiger partial charge in [-0.05, 0) is 26.2 Å². The van der Waals surface area contributed by atoms with Crippen LogP contribution in [0.3, 0.4) is 0 Å². The Bertz CT molecular complexity index is 684. The van der Waals surface area contributed by atoms with Crippen LogP contribution in [-0.4, -0.2) is 32.8 Å². The third kappa shape index (κ3) is 2.49. The number of nitrogens with two attached hydrogens (primary N) is 1. The van der Waals surface area contributed by atoms with Crippen molar-refractivity contribution in [3.8, 4) is 0 Å². The van der Waals surface area contributed by atoms with E-state index in [1.165, 1.54) is 17.3 Å². The van der Waals surface area contributed by atoms with Crippen LogP contribution in [0.2, 0.25) is 0 Å². The minimum absolute atomic E-state index is 0.0499. The second kappa shape index (κ2) is 5.40. The van der Waals surface area contributed by atoms with Crippen LogP contribution < -0.4 is 5.73 Å². The molecule has 1 atom stereocenters. The summed E-state index contributed by atoms with van der Waals surface area (Å²) >= 11 is 1.67. The second-order valence-corrected chi connectivity index (χ2v) is 6.39. The lowest BCUT2D eigenvalue weighted by molar-refractivity contribution is 0.0713. The van der Waals surface area contributed by atoms with Crippen molar-refractivity contribution in [1.29, 1.82) is 0 Å². The largest absolute Gasteiger partial charge is 0.382 e. The molecule has 2 heterocycles. The SMILES string of the molecule is Cc1nc2c(s1)[C@H](N(C)C(=O)c1nccnc1N)CCC2. The van der Waals surface area contributed by atoms with Gasteiger partial charge in [-0.2, -0.15) is 0 Å². The second-order valence-electron chi connectivity index (χ2n) is 5.16. The van der Waals surface area contributed by atoms with E-state index in [4.69, 9.17) is 5.73 Å². The van der Waals surface area contributed by atoms with E-state index in [2.05, 4.69) is 15.0 Å². The van der Waals surface area contributed by atoms with Gasteiger partial charge in [0.25, 0.3) is 5.91 Å².